The van der Waals surface area contributed by atoms with Gasteiger partial charge >= 0.3 is 0 Å². The quantitative estimate of drug-likeness (QED) is 0.429. The summed E-state index contributed by atoms with van der Waals surface area (Å²) in [4.78, 5) is 11.9. The van der Waals surface area contributed by atoms with E-state index in [-0.39, 0.29) is 11.3 Å². The van der Waals surface area contributed by atoms with Crippen molar-refractivity contribution in [1.82, 2.24) is 24.7 Å². The summed E-state index contributed by atoms with van der Waals surface area (Å²) in [7, 11) is 0. The monoisotopic (exact) mass is 439 g/mol. The van der Waals surface area contributed by atoms with E-state index < -0.39 is 11.6 Å². The smallest absolute Gasteiger partial charge is 0.202 e. The molecular formula is C23H23F2N5O2. The number of fused-ring (bicyclic) bond motifs is 1. The number of hydrogen-bond donors (Lipinski definition) is 0. The van der Waals surface area contributed by atoms with Gasteiger partial charge in [-0.15, -0.1) is 0 Å². The number of hydrogen-bond acceptors (Lipinski definition) is 6. The second-order valence-corrected chi connectivity index (χ2v) is 8.07. The molecule has 1 aliphatic heterocycles. The SMILES string of the molecule is Cc1nc2ncnc(-c3ccc(F)cc3F)c2o1.c1nn(C2CC2)cc1[C@H]1CCCCO1. The Bertz CT molecular complexity index is 1230. The van der Waals surface area contributed by atoms with E-state index in [1.54, 1.807) is 6.92 Å². The molecule has 6 rings (SSSR count). The number of benzene rings is 1. The lowest BCUT2D eigenvalue weighted by Crippen LogP contribution is -2.10. The molecule has 0 bridgehead atoms. The van der Waals surface area contributed by atoms with Crippen LogP contribution < -0.4 is 0 Å². The fourth-order valence-electron chi connectivity index (χ4n) is 3.79. The van der Waals surface area contributed by atoms with Crippen LogP contribution in [0.25, 0.3) is 22.5 Å². The number of halogens is 2. The van der Waals surface area contributed by atoms with Crippen LogP contribution in [0.2, 0.25) is 0 Å². The van der Waals surface area contributed by atoms with Crippen LogP contribution in [-0.2, 0) is 4.74 Å². The molecule has 1 saturated carbocycles. The lowest BCUT2D eigenvalue weighted by molar-refractivity contribution is 0.0149. The minimum Gasteiger partial charge on any atom is -0.437 e. The van der Waals surface area contributed by atoms with Gasteiger partial charge in [0.1, 0.15) is 23.7 Å². The van der Waals surface area contributed by atoms with Gasteiger partial charge in [0.2, 0.25) is 5.65 Å². The van der Waals surface area contributed by atoms with Crippen molar-refractivity contribution in [3.8, 4) is 11.3 Å². The predicted molar refractivity (Wildman–Crippen MR) is 113 cm³/mol. The van der Waals surface area contributed by atoms with Gasteiger partial charge in [-0.05, 0) is 44.2 Å². The molecule has 1 aromatic carbocycles. The first-order chi connectivity index (χ1) is 15.6. The zero-order valence-electron chi connectivity index (χ0n) is 17.7. The third-order valence-corrected chi connectivity index (χ3v) is 5.58. The molecule has 7 nitrogen and oxygen atoms in total. The van der Waals surface area contributed by atoms with Crippen LogP contribution in [-0.4, -0.2) is 31.3 Å². The Morgan fingerprint density at radius 2 is 1.97 bits per heavy atom. The normalized spacial score (nSPS) is 18.4. The topological polar surface area (TPSA) is 78.9 Å². The minimum atomic E-state index is -0.705. The van der Waals surface area contributed by atoms with Crippen molar-refractivity contribution in [3.05, 3.63) is 60.0 Å². The minimum absolute atomic E-state index is 0.153. The lowest BCUT2D eigenvalue weighted by atomic mass is 10.0. The predicted octanol–water partition coefficient (Wildman–Crippen LogP) is 5.33. The van der Waals surface area contributed by atoms with Gasteiger partial charge in [-0.25, -0.2) is 18.7 Å². The first-order valence-electron chi connectivity index (χ1n) is 10.8. The van der Waals surface area contributed by atoms with Crippen LogP contribution in [0.5, 0.6) is 0 Å². The highest BCUT2D eigenvalue weighted by atomic mass is 19.1. The fraction of sp³-hybridized carbons (Fsp3) is 0.391. The van der Waals surface area contributed by atoms with Crippen molar-refractivity contribution in [3.63, 3.8) is 0 Å². The Morgan fingerprint density at radius 3 is 2.72 bits per heavy atom. The van der Waals surface area contributed by atoms with Crippen molar-refractivity contribution in [2.24, 2.45) is 0 Å². The summed E-state index contributed by atoms with van der Waals surface area (Å²) in [6.45, 7) is 2.58. The van der Waals surface area contributed by atoms with Crippen LogP contribution in [0.4, 0.5) is 8.78 Å². The number of nitrogens with zero attached hydrogens (tertiary/aromatic N) is 5. The second-order valence-electron chi connectivity index (χ2n) is 8.07. The number of aryl methyl sites for hydroxylation is 1. The average Bonchev–Trinajstić information content (AvgIpc) is 3.39. The lowest BCUT2D eigenvalue weighted by Gasteiger charge is -2.21. The summed E-state index contributed by atoms with van der Waals surface area (Å²) < 4.78 is 39.8. The van der Waals surface area contributed by atoms with Gasteiger partial charge in [0.25, 0.3) is 0 Å². The van der Waals surface area contributed by atoms with Crippen LogP contribution in [0.1, 0.15) is 55.7 Å². The van der Waals surface area contributed by atoms with Crippen LogP contribution >= 0.6 is 0 Å². The summed E-state index contributed by atoms with van der Waals surface area (Å²) >= 11 is 0. The summed E-state index contributed by atoms with van der Waals surface area (Å²) in [5.74, 6) is -0.936. The van der Waals surface area contributed by atoms with Gasteiger partial charge in [-0.2, -0.15) is 10.1 Å². The zero-order valence-corrected chi connectivity index (χ0v) is 17.7. The number of aromatic nitrogens is 5. The highest BCUT2D eigenvalue weighted by Gasteiger charge is 2.26. The molecule has 2 fully saturated rings. The van der Waals surface area contributed by atoms with Crippen LogP contribution in [0, 0.1) is 18.6 Å². The molecule has 4 heterocycles. The highest BCUT2D eigenvalue weighted by molar-refractivity contribution is 5.85. The number of ether oxygens (including phenoxy) is 1. The number of rotatable bonds is 3. The molecule has 0 spiro atoms. The average molecular weight is 439 g/mol. The summed E-state index contributed by atoms with van der Waals surface area (Å²) in [5.41, 5.74) is 2.33. The van der Waals surface area contributed by atoms with E-state index >= 15 is 0 Å². The molecule has 2 aliphatic rings. The van der Waals surface area contributed by atoms with Gasteiger partial charge < -0.3 is 9.15 Å². The standard InChI is InChI=1S/C12H7F2N3O.C11H16N2O/c1-6-17-12-11(18-6)10(15-5-16-12)8-3-2-7(13)4-9(8)14;1-2-6-14-11(3-1)9-7-12-13(8-9)10-4-5-10/h2-5H,1H3;7-8,10-11H,1-6H2/t;11-/m.1/s1. The molecule has 9 heteroatoms. The Hall–Kier alpha value is -3.20. The Kier molecular flexibility index (Phi) is 5.65. The molecule has 3 aromatic heterocycles. The zero-order chi connectivity index (χ0) is 22.1. The van der Waals surface area contributed by atoms with E-state index in [4.69, 9.17) is 9.15 Å². The van der Waals surface area contributed by atoms with Gasteiger partial charge in [-0.3, -0.25) is 4.68 Å². The molecule has 0 unspecified atom stereocenters. The van der Waals surface area contributed by atoms with E-state index in [2.05, 4.69) is 30.9 Å². The van der Waals surface area contributed by atoms with Gasteiger partial charge in [0, 0.05) is 36.9 Å². The third kappa shape index (κ3) is 4.38. The van der Waals surface area contributed by atoms with Gasteiger partial charge in [0.15, 0.2) is 11.5 Å². The molecule has 0 amide bonds. The highest BCUT2D eigenvalue weighted by Crippen LogP contribution is 2.36. The second kappa shape index (κ2) is 8.74. The van der Waals surface area contributed by atoms with E-state index in [1.165, 1.54) is 43.6 Å². The van der Waals surface area contributed by atoms with Crippen molar-refractivity contribution in [2.45, 2.75) is 51.2 Å². The summed E-state index contributed by atoms with van der Waals surface area (Å²) in [6, 6.07) is 3.96. The van der Waals surface area contributed by atoms with Crippen LogP contribution in [0.15, 0.2) is 41.3 Å². The van der Waals surface area contributed by atoms with Crippen molar-refractivity contribution < 1.29 is 17.9 Å². The summed E-state index contributed by atoms with van der Waals surface area (Å²) in [6.07, 6.45) is 12.0. The van der Waals surface area contributed by atoms with E-state index in [1.807, 2.05) is 6.20 Å². The largest absolute Gasteiger partial charge is 0.437 e. The van der Waals surface area contributed by atoms with E-state index in [0.29, 0.717) is 29.3 Å². The first-order valence-corrected chi connectivity index (χ1v) is 10.8. The third-order valence-electron chi connectivity index (χ3n) is 5.58. The molecule has 1 atom stereocenters. The number of oxazole rings is 1. The van der Waals surface area contributed by atoms with Crippen molar-refractivity contribution in [2.75, 3.05) is 6.61 Å². The molecule has 166 valence electrons. The van der Waals surface area contributed by atoms with Crippen molar-refractivity contribution >= 4 is 11.2 Å². The summed E-state index contributed by atoms with van der Waals surface area (Å²) in [5, 5.41) is 4.39. The van der Waals surface area contributed by atoms with Gasteiger partial charge in [-0.1, -0.05) is 0 Å². The fourth-order valence-corrected chi connectivity index (χ4v) is 3.79. The Labute approximate surface area is 183 Å². The van der Waals surface area contributed by atoms with Crippen molar-refractivity contribution in [1.29, 1.82) is 0 Å². The molecule has 1 saturated heterocycles. The molecular weight excluding hydrogens is 416 g/mol. The van der Waals surface area contributed by atoms with E-state index in [0.717, 1.165) is 25.2 Å². The molecule has 0 N–H and O–H groups in total. The maximum absolute atomic E-state index is 13.7. The maximum Gasteiger partial charge on any atom is 0.202 e. The molecule has 4 aromatic rings. The maximum atomic E-state index is 13.7. The van der Waals surface area contributed by atoms with Crippen LogP contribution in [0.3, 0.4) is 0 Å². The molecule has 1 aliphatic carbocycles. The van der Waals surface area contributed by atoms with E-state index in [9.17, 15) is 8.78 Å². The van der Waals surface area contributed by atoms with Gasteiger partial charge in [0.05, 0.1) is 18.3 Å². The molecule has 32 heavy (non-hydrogen) atoms. The molecule has 0 radical (unpaired) electrons. The first kappa shape index (κ1) is 20.7. The Balaban J connectivity index is 0.000000139. The Morgan fingerprint density at radius 1 is 1.09 bits per heavy atom.